The molecule has 1 N–H and O–H groups in total. The fraction of sp³-hybridized carbons (Fsp3) is 0.308. The van der Waals surface area contributed by atoms with Gasteiger partial charge in [0.05, 0.1) is 10.5 Å². The zero-order valence-corrected chi connectivity index (χ0v) is 13.6. The first-order valence-corrected chi connectivity index (χ1v) is 8.86. The van der Waals surface area contributed by atoms with E-state index < -0.39 is 10.0 Å². The standard InChI is InChI=1S/C13H12BrClN2O2S/c14-9-3-4-10-11(5-9)16-7-12(13(10)15)20(18,19)17-6-8-1-2-8/h3-5,7-8,17H,1-2,6H2. The van der Waals surface area contributed by atoms with Gasteiger partial charge < -0.3 is 0 Å². The minimum absolute atomic E-state index is 0.0367. The molecule has 0 aliphatic heterocycles. The molecular weight excluding hydrogens is 364 g/mol. The first-order valence-electron chi connectivity index (χ1n) is 6.21. The van der Waals surface area contributed by atoms with Crippen molar-refractivity contribution in [2.24, 2.45) is 5.92 Å². The summed E-state index contributed by atoms with van der Waals surface area (Å²) in [5.41, 5.74) is 0.658. The van der Waals surface area contributed by atoms with Gasteiger partial charge in [-0.15, -0.1) is 0 Å². The Balaban J connectivity index is 2.02. The molecule has 0 atom stereocenters. The Morgan fingerprint density at radius 3 is 2.85 bits per heavy atom. The molecule has 3 rings (SSSR count). The molecule has 0 unspecified atom stereocenters. The summed E-state index contributed by atoms with van der Waals surface area (Å²) in [6, 6.07) is 5.37. The highest BCUT2D eigenvalue weighted by molar-refractivity contribution is 9.10. The fourth-order valence-electron chi connectivity index (χ4n) is 1.93. The van der Waals surface area contributed by atoms with Gasteiger partial charge in [-0.3, -0.25) is 4.98 Å². The number of pyridine rings is 1. The molecule has 4 nitrogen and oxygen atoms in total. The normalized spacial score (nSPS) is 15.7. The molecule has 0 saturated heterocycles. The van der Waals surface area contributed by atoms with Crippen LogP contribution in [0.4, 0.5) is 0 Å². The summed E-state index contributed by atoms with van der Waals surface area (Å²) in [6.45, 7) is 0.469. The molecule has 1 aromatic heterocycles. The molecule has 0 spiro atoms. The van der Waals surface area contributed by atoms with Gasteiger partial charge in [0.15, 0.2) is 0 Å². The van der Waals surface area contributed by atoms with Crippen LogP contribution in [0.1, 0.15) is 12.8 Å². The van der Waals surface area contributed by atoms with Gasteiger partial charge in [-0.2, -0.15) is 0 Å². The quantitative estimate of drug-likeness (QED) is 0.891. The number of rotatable bonds is 4. The predicted octanol–water partition coefficient (Wildman–Crippen LogP) is 3.34. The minimum atomic E-state index is -3.60. The lowest BCUT2D eigenvalue weighted by atomic mass is 10.2. The molecule has 1 aromatic carbocycles. The second kappa shape index (κ2) is 5.26. The number of nitrogens with one attached hydrogen (secondary N) is 1. The highest BCUT2D eigenvalue weighted by Gasteiger charge is 2.26. The summed E-state index contributed by atoms with van der Waals surface area (Å²) in [5, 5.41) is 0.843. The van der Waals surface area contributed by atoms with Crippen LogP contribution >= 0.6 is 27.5 Å². The molecule has 1 heterocycles. The lowest BCUT2D eigenvalue weighted by Gasteiger charge is -2.09. The van der Waals surface area contributed by atoms with Crippen molar-refractivity contribution in [3.05, 3.63) is 33.9 Å². The Labute approximate surface area is 130 Å². The van der Waals surface area contributed by atoms with Gasteiger partial charge in [0.2, 0.25) is 10.0 Å². The topological polar surface area (TPSA) is 59.1 Å². The zero-order valence-electron chi connectivity index (χ0n) is 10.4. The van der Waals surface area contributed by atoms with E-state index in [-0.39, 0.29) is 9.92 Å². The van der Waals surface area contributed by atoms with E-state index in [1.54, 1.807) is 12.1 Å². The predicted molar refractivity (Wildman–Crippen MR) is 82.4 cm³/mol. The molecule has 20 heavy (non-hydrogen) atoms. The number of fused-ring (bicyclic) bond motifs is 1. The van der Waals surface area contributed by atoms with Gasteiger partial charge in [0.1, 0.15) is 4.90 Å². The maximum atomic E-state index is 12.3. The summed E-state index contributed by atoms with van der Waals surface area (Å²) in [4.78, 5) is 4.21. The van der Waals surface area contributed by atoms with Crippen LogP contribution in [-0.4, -0.2) is 19.9 Å². The molecule has 2 aromatic rings. The summed E-state index contributed by atoms with van der Waals surface area (Å²) >= 11 is 9.58. The Hall–Kier alpha value is -0.690. The van der Waals surface area contributed by atoms with Gasteiger partial charge in [0.25, 0.3) is 0 Å². The first-order chi connectivity index (χ1) is 9.47. The number of hydrogen-bond donors (Lipinski definition) is 1. The van der Waals surface area contributed by atoms with Crippen molar-refractivity contribution in [1.82, 2.24) is 9.71 Å². The molecule has 1 saturated carbocycles. The summed E-state index contributed by atoms with van der Waals surface area (Å²) in [7, 11) is -3.60. The lowest BCUT2D eigenvalue weighted by Crippen LogP contribution is -2.26. The number of hydrogen-bond acceptors (Lipinski definition) is 3. The zero-order chi connectivity index (χ0) is 14.3. The minimum Gasteiger partial charge on any atom is -0.255 e. The third kappa shape index (κ3) is 2.83. The van der Waals surface area contributed by atoms with Crippen LogP contribution in [0.15, 0.2) is 33.8 Å². The second-order valence-electron chi connectivity index (χ2n) is 4.89. The van der Waals surface area contributed by atoms with Crippen molar-refractivity contribution in [3.63, 3.8) is 0 Å². The van der Waals surface area contributed by atoms with E-state index in [0.717, 1.165) is 17.3 Å². The highest BCUT2D eigenvalue weighted by atomic mass is 79.9. The van der Waals surface area contributed by atoms with Crippen molar-refractivity contribution in [2.45, 2.75) is 17.7 Å². The van der Waals surface area contributed by atoms with Crippen LogP contribution in [0, 0.1) is 5.92 Å². The highest BCUT2D eigenvalue weighted by Crippen LogP contribution is 2.31. The maximum absolute atomic E-state index is 12.3. The largest absolute Gasteiger partial charge is 0.255 e. The Kier molecular flexibility index (Phi) is 3.75. The van der Waals surface area contributed by atoms with Crippen molar-refractivity contribution in [1.29, 1.82) is 0 Å². The molecule has 1 aliphatic carbocycles. The van der Waals surface area contributed by atoms with Crippen LogP contribution in [-0.2, 0) is 10.0 Å². The number of nitrogens with zero attached hydrogens (tertiary/aromatic N) is 1. The average molecular weight is 376 g/mol. The van der Waals surface area contributed by atoms with E-state index in [0.29, 0.717) is 23.4 Å². The molecule has 106 valence electrons. The number of benzene rings is 1. The first kappa shape index (κ1) is 14.3. The van der Waals surface area contributed by atoms with Crippen molar-refractivity contribution in [3.8, 4) is 0 Å². The van der Waals surface area contributed by atoms with E-state index in [1.165, 1.54) is 6.20 Å². The number of halogens is 2. The number of aromatic nitrogens is 1. The van der Waals surface area contributed by atoms with Gasteiger partial charge in [-0.1, -0.05) is 33.6 Å². The van der Waals surface area contributed by atoms with E-state index in [4.69, 9.17) is 11.6 Å². The second-order valence-corrected chi connectivity index (χ2v) is 7.92. The van der Waals surface area contributed by atoms with Crippen molar-refractivity contribution < 1.29 is 8.42 Å². The molecular formula is C13H12BrClN2O2S. The Morgan fingerprint density at radius 2 is 2.15 bits per heavy atom. The van der Waals surface area contributed by atoms with Gasteiger partial charge in [-0.05, 0) is 30.9 Å². The summed E-state index contributed by atoms with van der Waals surface area (Å²) in [6.07, 6.45) is 3.48. The third-order valence-electron chi connectivity index (χ3n) is 3.28. The summed E-state index contributed by atoms with van der Waals surface area (Å²) in [5.74, 6) is 0.466. The van der Waals surface area contributed by atoms with Crippen LogP contribution in [0.2, 0.25) is 5.02 Å². The average Bonchev–Trinajstić information content (AvgIpc) is 3.20. The Morgan fingerprint density at radius 1 is 1.40 bits per heavy atom. The molecule has 0 radical (unpaired) electrons. The fourth-order valence-corrected chi connectivity index (χ4v) is 3.94. The van der Waals surface area contributed by atoms with Gasteiger partial charge in [-0.25, -0.2) is 13.1 Å². The van der Waals surface area contributed by atoms with E-state index in [9.17, 15) is 8.42 Å². The molecule has 1 fully saturated rings. The molecule has 0 amide bonds. The third-order valence-corrected chi connectivity index (χ3v) is 5.73. The molecule has 1 aliphatic rings. The smallest absolute Gasteiger partial charge is 0.243 e. The molecule has 7 heteroatoms. The van der Waals surface area contributed by atoms with Crippen molar-refractivity contribution >= 4 is 48.5 Å². The van der Waals surface area contributed by atoms with Gasteiger partial charge in [0, 0.05) is 22.6 Å². The van der Waals surface area contributed by atoms with E-state index in [2.05, 4.69) is 25.6 Å². The van der Waals surface area contributed by atoms with E-state index >= 15 is 0 Å². The number of sulfonamides is 1. The van der Waals surface area contributed by atoms with Crippen LogP contribution < -0.4 is 4.72 Å². The van der Waals surface area contributed by atoms with Crippen LogP contribution in [0.3, 0.4) is 0 Å². The van der Waals surface area contributed by atoms with Crippen LogP contribution in [0.5, 0.6) is 0 Å². The lowest BCUT2D eigenvalue weighted by molar-refractivity contribution is 0.577. The van der Waals surface area contributed by atoms with Gasteiger partial charge >= 0.3 is 0 Å². The molecule has 0 bridgehead atoms. The van der Waals surface area contributed by atoms with Crippen LogP contribution in [0.25, 0.3) is 10.9 Å². The maximum Gasteiger partial charge on any atom is 0.243 e. The summed E-state index contributed by atoms with van der Waals surface area (Å²) < 4.78 is 28.0. The van der Waals surface area contributed by atoms with E-state index in [1.807, 2.05) is 6.07 Å². The van der Waals surface area contributed by atoms with Crippen molar-refractivity contribution in [2.75, 3.05) is 6.54 Å². The Bertz CT molecular complexity index is 775. The SMILES string of the molecule is O=S(=O)(NCC1CC1)c1cnc2cc(Br)ccc2c1Cl. The monoisotopic (exact) mass is 374 g/mol.